The van der Waals surface area contributed by atoms with E-state index in [1.165, 1.54) is 12.4 Å². The molecule has 1 aliphatic heterocycles. The number of piperidine rings is 1. The van der Waals surface area contributed by atoms with Gasteiger partial charge in [0.05, 0.1) is 11.4 Å². The summed E-state index contributed by atoms with van der Waals surface area (Å²) >= 11 is 0. The fourth-order valence-corrected chi connectivity index (χ4v) is 4.36. The lowest BCUT2D eigenvalue weighted by Gasteiger charge is -2.32. The fourth-order valence-electron chi connectivity index (χ4n) is 4.36. The second-order valence-corrected chi connectivity index (χ2v) is 8.75. The molecule has 1 aromatic carbocycles. The van der Waals surface area contributed by atoms with Crippen LogP contribution in [0.3, 0.4) is 0 Å². The van der Waals surface area contributed by atoms with E-state index < -0.39 is 0 Å². The molecular formula is C28H27N7O3. The molecule has 0 aliphatic carbocycles. The third-order valence-electron chi connectivity index (χ3n) is 6.20. The molecule has 4 aromatic rings. The van der Waals surface area contributed by atoms with Crippen molar-refractivity contribution in [3.8, 4) is 23.3 Å². The Morgan fingerprint density at radius 1 is 1.21 bits per heavy atom. The van der Waals surface area contributed by atoms with E-state index in [9.17, 15) is 4.79 Å². The second kappa shape index (κ2) is 11.4. The zero-order valence-corrected chi connectivity index (χ0v) is 20.8. The predicted octanol–water partition coefficient (Wildman–Crippen LogP) is 3.16. The summed E-state index contributed by atoms with van der Waals surface area (Å²) in [4.78, 5) is 26.6. The van der Waals surface area contributed by atoms with Crippen LogP contribution in [0.5, 0.6) is 11.5 Å². The highest BCUT2D eigenvalue weighted by Crippen LogP contribution is 2.28. The maximum absolute atomic E-state index is 12.2. The van der Waals surface area contributed by atoms with Crippen molar-refractivity contribution in [1.29, 1.82) is 0 Å². The molecule has 0 bridgehead atoms. The SMILES string of the molecule is C=CC(=O)N1CCC[C@@H](n2nc(C#CCOc3cccc(OCc4cccnc4)c3)c3c(N)ncnc32)C1. The number of aromatic nitrogens is 5. The summed E-state index contributed by atoms with van der Waals surface area (Å²) in [6.07, 6.45) is 7.95. The van der Waals surface area contributed by atoms with Crippen molar-refractivity contribution in [3.05, 3.63) is 79.0 Å². The maximum Gasteiger partial charge on any atom is 0.246 e. The molecule has 2 N–H and O–H groups in total. The predicted molar refractivity (Wildman–Crippen MR) is 142 cm³/mol. The van der Waals surface area contributed by atoms with Gasteiger partial charge in [-0.1, -0.05) is 24.6 Å². The average molecular weight is 510 g/mol. The largest absolute Gasteiger partial charge is 0.489 e. The van der Waals surface area contributed by atoms with Crippen LogP contribution < -0.4 is 15.2 Å². The van der Waals surface area contributed by atoms with Crippen LogP contribution in [0.2, 0.25) is 0 Å². The minimum Gasteiger partial charge on any atom is -0.489 e. The van der Waals surface area contributed by atoms with Crippen LogP contribution in [0.4, 0.5) is 5.82 Å². The number of carbonyl (C=O) groups is 1. The van der Waals surface area contributed by atoms with Crippen LogP contribution in [0.25, 0.3) is 11.0 Å². The number of anilines is 1. The van der Waals surface area contributed by atoms with Crippen LogP contribution >= 0.6 is 0 Å². The number of fused-ring (bicyclic) bond motifs is 1. The molecule has 1 aliphatic rings. The van der Waals surface area contributed by atoms with Crippen molar-refractivity contribution >= 4 is 22.8 Å². The van der Waals surface area contributed by atoms with E-state index >= 15 is 0 Å². The zero-order valence-electron chi connectivity index (χ0n) is 20.8. The van der Waals surface area contributed by atoms with E-state index in [2.05, 4.69) is 33.4 Å². The van der Waals surface area contributed by atoms with Crippen molar-refractivity contribution in [3.63, 3.8) is 0 Å². The summed E-state index contributed by atoms with van der Waals surface area (Å²) in [5, 5.41) is 5.32. The topological polar surface area (TPSA) is 121 Å². The van der Waals surface area contributed by atoms with Crippen LogP contribution in [0.15, 0.2) is 67.8 Å². The first-order valence-corrected chi connectivity index (χ1v) is 12.3. The molecule has 192 valence electrons. The Balaban J connectivity index is 1.29. The van der Waals surface area contributed by atoms with E-state index in [4.69, 9.17) is 20.3 Å². The molecule has 1 atom stereocenters. The Morgan fingerprint density at radius 2 is 2.08 bits per heavy atom. The van der Waals surface area contributed by atoms with Crippen molar-refractivity contribution in [2.45, 2.75) is 25.5 Å². The molecule has 10 heteroatoms. The Kier molecular flexibility index (Phi) is 7.45. The smallest absolute Gasteiger partial charge is 0.246 e. The molecule has 10 nitrogen and oxygen atoms in total. The molecule has 1 fully saturated rings. The normalized spacial score (nSPS) is 14.9. The molecule has 0 unspecified atom stereocenters. The Hall–Kier alpha value is -4.91. The molecule has 0 radical (unpaired) electrons. The molecule has 4 heterocycles. The number of benzene rings is 1. The molecule has 5 rings (SSSR count). The lowest BCUT2D eigenvalue weighted by molar-refractivity contribution is -0.127. The summed E-state index contributed by atoms with van der Waals surface area (Å²) in [5.74, 6) is 7.61. The number of likely N-dealkylation sites (tertiary alicyclic amines) is 1. The van der Waals surface area contributed by atoms with Crippen LogP contribution in [-0.2, 0) is 11.4 Å². The van der Waals surface area contributed by atoms with E-state index in [1.807, 2.05) is 41.1 Å². The number of amides is 1. The Labute approximate surface area is 220 Å². The molecule has 0 saturated carbocycles. The summed E-state index contributed by atoms with van der Waals surface area (Å²) in [6, 6.07) is 11.2. The van der Waals surface area contributed by atoms with Gasteiger partial charge >= 0.3 is 0 Å². The highest BCUT2D eigenvalue weighted by atomic mass is 16.5. The van der Waals surface area contributed by atoms with Gasteiger partial charge in [0.2, 0.25) is 5.91 Å². The lowest BCUT2D eigenvalue weighted by atomic mass is 10.1. The first kappa shape index (κ1) is 24.8. The van der Waals surface area contributed by atoms with Gasteiger partial charge in [-0.3, -0.25) is 9.78 Å². The number of hydrogen-bond donors (Lipinski definition) is 1. The van der Waals surface area contributed by atoms with Crippen molar-refractivity contribution in [2.75, 3.05) is 25.4 Å². The van der Waals surface area contributed by atoms with Gasteiger partial charge < -0.3 is 20.1 Å². The summed E-state index contributed by atoms with van der Waals surface area (Å²) < 4.78 is 13.5. The van der Waals surface area contributed by atoms with E-state index in [0.29, 0.717) is 53.7 Å². The van der Waals surface area contributed by atoms with Gasteiger partial charge in [-0.05, 0) is 43.0 Å². The third kappa shape index (κ3) is 5.57. The Bertz CT molecular complexity index is 1510. The van der Waals surface area contributed by atoms with E-state index in [1.54, 1.807) is 17.3 Å². The summed E-state index contributed by atoms with van der Waals surface area (Å²) in [5.41, 5.74) is 8.23. The van der Waals surface area contributed by atoms with Crippen LogP contribution in [0, 0.1) is 11.8 Å². The quantitative estimate of drug-likeness (QED) is 0.298. The number of hydrogen-bond acceptors (Lipinski definition) is 8. The van der Waals surface area contributed by atoms with Crippen LogP contribution in [-0.4, -0.2) is 55.2 Å². The van der Waals surface area contributed by atoms with E-state index in [0.717, 1.165) is 18.4 Å². The minimum absolute atomic E-state index is 0.0503. The van der Waals surface area contributed by atoms with Crippen molar-refractivity contribution in [2.24, 2.45) is 0 Å². The number of ether oxygens (including phenoxy) is 2. The first-order chi connectivity index (χ1) is 18.6. The van der Waals surface area contributed by atoms with Gasteiger partial charge in [-0.15, -0.1) is 0 Å². The zero-order chi connectivity index (χ0) is 26.3. The third-order valence-corrected chi connectivity index (χ3v) is 6.20. The number of nitrogens with zero attached hydrogens (tertiary/aromatic N) is 6. The molecule has 38 heavy (non-hydrogen) atoms. The van der Waals surface area contributed by atoms with Crippen LogP contribution in [0.1, 0.15) is 30.1 Å². The molecule has 1 amide bonds. The monoisotopic (exact) mass is 509 g/mol. The number of rotatable bonds is 7. The number of carbonyl (C=O) groups excluding carboxylic acids is 1. The number of nitrogens with two attached hydrogens (primary N) is 1. The molecule has 1 saturated heterocycles. The van der Waals surface area contributed by atoms with E-state index in [-0.39, 0.29) is 18.6 Å². The average Bonchev–Trinajstić information content (AvgIpc) is 3.34. The molecule has 0 spiro atoms. The van der Waals surface area contributed by atoms with Gasteiger partial charge in [0, 0.05) is 37.1 Å². The van der Waals surface area contributed by atoms with Gasteiger partial charge in [0.15, 0.2) is 5.65 Å². The standard InChI is InChI=1S/C28H27N7O3/c1-2-25(36)34-13-5-8-21(17-34)35-28-26(27(29)31-19-32-28)24(33-35)11-6-14-37-22-9-3-10-23(15-22)38-18-20-7-4-12-30-16-20/h2-4,7,9-10,12,15-16,19,21H,1,5,8,13-14,17-18H2,(H2,29,31,32)/t21-/m1/s1. The number of pyridine rings is 1. The molecule has 3 aromatic heterocycles. The van der Waals surface area contributed by atoms with Crippen molar-refractivity contribution < 1.29 is 14.3 Å². The minimum atomic E-state index is -0.0935. The Morgan fingerprint density at radius 3 is 2.89 bits per heavy atom. The highest BCUT2D eigenvalue weighted by molar-refractivity contribution is 5.90. The first-order valence-electron chi connectivity index (χ1n) is 12.3. The lowest BCUT2D eigenvalue weighted by Crippen LogP contribution is -2.40. The molecular weight excluding hydrogens is 482 g/mol. The van der Waals surface area contributed by atoms with Gasteiger partial charge in [-0.25, -0.2) is 14.6 Å². The van der Waals surface area contributed by atoms with Gasteiger partial charge in [0.1, 0.15) is 42.6 Å². The summed E-state index contributed by atoms with van der Waals surface area (Å²) in [6.45, 7) is 5.36. The highest BCUT2D eigenvalue weighted by Gasteiger charge is 2.27. The summed E-state index contributed by atoms with van der Waals surface area (Å²) in [7, 11) is 0. The maximum atomic E-state index is 12.2. The second-order valence-electron chi connectivity index (χ2n) is 8.75. The van der Waals surface area contributed by atoms with Gasteiger partial charge in [-0.2, -0.15) is 5.10 Å². The fraction of sp³-hybridized carbons (Fsp3) is 0.250. The number of nitrogen functional groups attached to an aromatic ring is 1. The van der Waals surface area contributed by atoms with Crippen molar-refractivity contribution in [1.82, 2.24) is 29.6 Å². The van der Waals surface area contributed by atoms with Gasteiger partial charge in [0.25, 0.3) is 0 Å².